The van der Waals surface area contributed by atoms with Crippen molar-refractivity contribution in [3.8, 4) is 0 Å². The first-order chi connectivity index (χ1) is 7.77. The third kappa shape index (κ3) is 2.22. The van der Waals surface area contributed by atoms with Gasteiger partial charge in [-0.2, -0.15) is 0 Å². The highest BCUT2D eigenvalue weighted by Crippen LogP contribution is 2.41. The van der Waals surface area contributed by atoms with E-state index in [0.717, 1.165) is 18.9 Å². The number of anilines is 1. The summed E-state index contributed by atoms with van der Waals surface area (Å²) in [7, 11) is 0. The lowest BCUT2D eigenvalue weighted by molar-refractivity contribution is 0.0935. The summed E-state index contributed by atoms with van der Waals surface area (Å²) in [5, 5.41) is 0. The van der Waals surface area contributed by atoms with Crippen molar-refractivity contribution in [3.63, 3.8) is 0 Å². The van der Waals surface area contributed by atoms with Crippen LogP contribution < -0.4 is 5.73 Å². The average molecular weight is 219 g/mol. The SMILES string of the molecule is CCOCC1(c2ccc(N)cc2)CCCC1. The average Bonchev–Trinajstić information content (AvgIpc) is 2.77. The van der Waals surface area contributed by atoms with Crippen molar-refractivity contribution in [2.45, 2.75) is 38.0 Å². The second-order valence-corrected chi connectivity index (χ2v) is 4.75. The lowest BCUT2D eigenvalue weighted by Gasteiger charge is -2.29. The molecule has 0 bridgehead atoms. The van der Waals surface area contributed by atoms with Gasteiger partial charge in [0.2, 0.25) is 0 Å². The van der Waals surface area contributed by atoms with Crippen LogP contribution in [0.15, 0.2) is 24.3 Å². The fourth-order valence-corrected chi connectivity index (χ4v) is 2.70. The van der Waals surface area contributed by atoms with Crippen molar-refractivity contribution in [3.05, 3.63) is 29.8 Å². The Labute approximate surface area is 97.8 Å². The van der Waals surface area contributed by atoms with Gasteiger partial charge in [0.05, 0.1) is 6.61 Å². The van der Waals surface area contributed by atoms with Gasteiger partial charge < -0.3 is 10.5 Å². The Balaban J connectivity index is 2.21. The predicted molar refractivity (Wildman–Crippen MR) is 67.5 cm³/mol. The molecule has 0 atom stereocenters. The number of benzene rings is 1. The molecule has 0 radical (unpaired) electrons. The van der Waals surface area contributed by atoms with Crippen LogP contribution in [0, 0.1) is 0 Å². The van der Waals surface area contributed by atoms with Gasteiger partial charge in [-0.15, -0.1) is 0 Å². The molecule has 1 aromatic carbocycles. The largest absolute Gasteiger partial charge is 0.399 e. The normalized spacial score (nSPS) is 18.8. The second-order valence-electron chi connectivity index (χ2n) is 4.75. The standard InChI is InChI=1S/C14H21NO/c1-2-16-11-14(9-3-4-10-14)12-5-7-13(15)8-6-12/h5-8H,2-4,9-11,15H2,1H3. The molecule has 0 aromatic heterocycles. The van der Waals surface area contributed by atoms with Gasteiger partial charge in [0, 0.05) is 17.7 Å². The molecular weight excluding hydrogens is 198 g/mol. The van der Waals surface area contributed by atoms with E-state index in [0.29, 0.717) is 0 Å². The Hall–Kier alpha value is -1.02. The van der Waals surface area contributed by atoms with Gasteiger partial charge in [0.1, 0.15) is 0 Å². The number of rotatable bonds is 4. The maximum atomic E-state index is 5.74. The Morgan fingerprint density at radius 3 is 2.38 bits per heavy atom. The lowest BCUT2D eigenvalue weighted by Crippen LogP contribution is -2.28. The van der Waals surface area contributed by atoms with Crippen LogP contribution in [0.25, 0.3) is 0 Å². The van der Waals surface area contributed by atoms with Crippen molar-refractivity contribution in [1.82, 2.24) is 0 Å². The molecule has 0 heterocycles. The molecule has 1 saturated carbocycles. The maximum absolute atomic E-state index is 5.74. The first-order valence-corrected chi connectivity index (χ1v) is 6.21. The van der Waals surface area contributed by atoms with Crippen LogP contribution in [0.4, 0.5) is 5.69 Å². The van der Waals surface area contributed by atoms with Crippen LogP contribution in [0.1, 0.15) is 38.2 Å². The first kappa shape index (κ1) is 11.5. The van der Waals surface area contributed by atoms with Gasteiger partial charge in [0.25, 0.3) is 0 Å². The van der Waals surface area contributed by atoms with Crippen molar-refractivity contribution < 1.29 is 4.74 Å². The smallest absolute Gasteiger partial charge is 0.0562 e. The number of ether oxygens (including phenoxy) is 1. The van der Waals surface area contributed by atoms with E-state index in [4.69, 9.17) is 10.5 Å². The summed E-state index contributed by atoms with van der Waals surface area (Å²) in [6.07, 6.45) is 5.13. The van der Waals surface area contributed by atoms with E-state index >= 15 is 0 Å². The summed E-state index contributed by atoms with van der Waals surface area (Å²) in [4.78, 5) is 0. The van der Waals surface area contributed by atoms with Crippen molar-refractivity contribution in [2.24, 2.45) is 0 Å². The number of hydrogen-bond donors (Lipinski definition) is 1. The van der Waals surface area contributed by atoms with Crippen molar-refractivity contribution >= 4 is 5.69 Å². The van der Waals surface area contributed by atoms with Crippen LogP contribution in [0.2, 0.25) is 0 Å². The second kappa shape index (κ2) is 4.88. The zero-order valence-corrected chi connectivity index (χ0v) is 10.0. The molecule has 0 saturated heterocycles. The van der Waals surface area contributed by atoms with Gasteiger partial charge in [-0.1, -0.05) is 25.0 Å². The molecule has 0 aliphatic heterocycles. The van der Waals surface area contributed by atoms with Crippen LogP contribution in [0.5, 0.6) is 0 Å². The highest BCUT2D eigenvalue weighted by Gasteiger charge is 2.35. The molecule has 88 valence electrons. The summed E-state index contributed by atoms with van der Waals surface area (Å²) in [6, 6.07) is 8.34. The molecule has 0 unspecified atom stereocenters. The van der Waals surface area contributed by atoms with Crippen molar-refractivity contribution in [1.29, 1.82) is 0 Å². The van der Waals surface area contributed by atoms with E-state index in [1.165, 1.54) is 31.2 Å². The molecule has 2 rings (SSSR count). The van der Waals surface area contributed by atoms with Crippen molar-refractivity contribution in [2.75, 3.05) is 18.9 Å². The molecule has 1 aliphatic carbocycles. The van der Waals surface area contributed by atoms with E-state index in [1.54, 1.807) is 0 Å². The predicted octanol–water partition coefficient (Wildman–Crippen LogP) is 3.12. The van der Waals surface area contributed by atoms with Crippen LogP contribution in [-0.4, -0.2) is 13.2 Å². The summed E-state index contributed by atoms with van der Waals surface area (Å²) < 4.78 is 5.67. The Morgan fingerprint density at radius 1 is 1.19 bits per heavy atom. The number of nitrogens with two attached hydrogens (primary N) is 1. The minimum absolute atomic E-state index is 0.254. The molecule has 0 spiro atoms. The summed E-state index contributed by atoms with van der Waals surface area (Å²) in [6.45, 7) is 3.72. The topological polar surface area (TPSA) is 35.2 Å². The Bertz CT molecular complexity index is 325. The van der Waals surface area contributed by atoms with Gasteiger partial charge >= 0.3 is 0 Å². The highest BCUT2D eigenvalue weighted by molar-refractivity contribution is 5.42. The Morgan fingerprint density at radius 2 is 1.81 bits per heavy atom. The van der Waals surface area contributed by atoms with Crippen LogP contribution in [-0.2, 0) is 10.2 Å². The molecule has 0 amide bonds. The zero-order chi connectivity index (χ0) is 11.4. The third-order valence-electron chi connectivity index (χ3n) is 3.67. The maximum Gasteiger partial charge on any atom is 0.0562 e. The van der Waals surface area contributed by atoms with Gasteiger partial charge in [-0.05, 0) is 37.5 Å². The van der Waals surface area contributed by atoms with E-state index in [2.05, 4.69) is 19.1 Å². The minimum Gasteiger partial charge on any atom is -0.399 e. The fourth-order valence-electron chi connectivity index (χ4n) is 2.70. The molecule has 1 fully saturated rings. The molecule has 2 N–H and O–H groups in total. The molecular formula is C14H21NO. The monoisotopic (exact) mass is 219 g/mol. The molecule has 2 nitrogen and oxygen atoms in total. The third-order valence-corrected chi connectivity index (χ3v) is 3.67. The fraction of sp³-hybridized carbons (Fsp3) is 0.571. The summed E-state index contributed by atoms with van der Waals surface area (Å²) in [5.41, 5.74) is 8.23. The van der Waals surface area contributed by atoms with Gasteiger partial charge in [0.15, 0.2) is 0 Å². The van der Waals surface area contributed by atoms with E-state index in [1.807, 2.05) is 12.1 Å². The summed E-state index contributed by atoms with van der Waals surface area (Å²) in [5.74, 6) is 0. The number of nitrogen functional groups attached to an aromatic ring is 1. The number of hydrogen-bond acceptors (Lipinski definition) is 2. The van der Waals surface area contributed by atoms with E-state index < -0.39 is 0 Å². The molecule has 1 aliphatic rings. The highest BCUT2D eigenvalue weighted by atomic mass is 16.5. The minimum atomic E-state index is 0.254. The van der Waals surface area contributed by atoms with E-state index in [-0.39, 0.29) is 5.41 Å². The zero-order valence-electron chi connectivity index (χ0n) is 10.0. The van der Waals surface area contributed by atoms with Gasteiger partial charge in [-0.25, -0.2) is 0 Å². The molecule has 1 aromatic rings. The Kier molecular flexibility index (Phi) is 3.49. The quantitative estimate of drug-likeness (QED) is 0.790. The van der Waals surface area contributed by atoms with Gasteiger partial charge in [-0.3, -0.25) is 0 Å². The molecule has 2 heteroatoms. The van der Waals surface area contributed by atoms with Crippen LogP contribution >= 0.6 is 0 Å². The lowest BCUT2D eigenvalue weighted by atomic mass is 9.79. The molecule has 16 heavy (non-hydrogen) atoms. The van der Waals surface area contributed by atoms with Crippen LogP contribution in [0.3, 0.4) is 0 Å². The first-order valence-electron chi connectivity index (χ1n) is 6.21. The summed E-state index contributed by atoms with van der Waals surface area (Å²) >= 11 is 0. The van der Waals surface area contributed by atoms with E-state index in [9.17, 15) is 0 Å².